The molecule has 1 aromatic carbocycles. The molecule has 0 saturated heterocycles. The fourth-order valence-electron chi connectivity index (χ4n) is 2.99. The lowest BCUT2D eigenvalue weighted by Gasteiger charge is -2.16. The van der Waals surface area contributed by atoms with Gasteiger partial charge >= 0.3 is 0 Å². The predicted octanol–water partition coefficient (Wildman–Crippen LogP) is 4.32. The molecule has 1 heterocycles. The topological polar surface area (TPSA) is 59.8 Å². The second kappa shape index (κ2) is 7.82. The highest BCUT2D eigenvalue weighted by Gasteiger charge is 2.30. The van der Waals surface area contributed by atoms with Crippen molar-refractivity contribution in [1.29, 1.82) is 0 Å². The fraction of sp³-hybridized carbons (Fsp3) is 0.550. The number of aromatic nitrogens is 3. The Labute approximate surface area is 160 Å². The number of nitrogens with zero attached hydrogens (tertiary/aromatic N) is 3. The monoisotopic (exact) mass is 372 g/mol. The number of carbonyl (C=O) groups excluding carboxylic acids is 1. The van der Waals surface area contributed by atoms with Crippen molar-refractivity contribution in [2.45, 2.75) is 70.6 Å². The number of amides is 1. The van der Waals surface area contributed by atoms with E-state index in [-0.39, 0.29) is 11.9 Å². The first-order valence-electron chi connectivity index (χ1n) is 9.31. The van der Waals surface area contributed by atoms with E-state index in [1.165, 1.54) is 35.7 Å². The van der Waals surface area contributed by atoms with Gasteiger partial charge in [0.2, 0.25) is 5.91 Å². The van der Waals surface area contributed by atoms with E-state index in [0.29, 0.717) is 17.7 Å². The molecule has 3 rings (SSSR count). The van der Waals surface area contributed by atoms with Crippen molar-refractivity contribution in [3.05, 3.63) is 40.7 Å². The van der Waals surface area contributed by atoms with Gasteiger partial charge in [-0.3, -0.25) is 4.79 Å². The summed E-state index contributed by atoms with van der Waals surface area (Å²) >= 11 is 1.48. The lowest BCUT2D eigenvalue weighted by atomic mass is 10.0. The van der Waals surface area contributed by atoms with Crippen molar-refractivity contribution in [2.75, 3.05) is 5.75 Å². The van der Waals surface area contributed by atoms with Crippen LogP contribution in [0.15, 0.2) is 23.4 Å². The summed E-state index contributed by atoms with van der Waals surface area (Å²) in [6.45, 7) is 10.5. The van der Waals surface area contributed by atoms with Gasteiger partial charge in [0, 0.05) is 12.0 Å². The van der Waals surface area contributed by atoms with Crippen LogP contribution in [0.2, 0.25) is 0 Å². The lowest BCUT2D eigenvalue weighted by Crippen LogP contribution is -2.28. The normalized spacial score (nSPS) is 15.3. The number of thioether (sulfide) groups is 1. The van der Waals surface area contributed by atoms with Crippen molar-refractivity contribution in [1.82, 2.24) is 20.1 Å². The minimum atomic E-state index is -0.00470. The minimum Gasteiger partial charge on any atom is -0.349 e. The Kier molecular flexibility index (Phi) is 5.70. The molecule has 1 unspecified atom stereocenters. The SMILES string of the molecule is Cc1ccc(C(C)NC(=O)CSc2nnc(C(C)C)n2C2CC2)cc1C. The Hall–Kier alpha value is -1.82. The van der Waals surface area contributed by atoms with Gasteiger partial charge in [-0.25, -0.2) is 0 Å². The molecule has 0 radical (unpaired) electrons. The van der Waals surface area contributed by atoms with Crippen LogP contribution in [0.5, 0.6) is 0 Å². The van der Waals surface area contributed by atoms with Gasteiger partial charge in [-0.15, -0.1) is 10.2 Å². The summed E-state index contributed by atoms with van der Waals surface area (Å²) < 4.78 is 2.23. The average Bonchev–Trinajstić information content (AvgIpc) is 3.34. The standard InChI is InChI=1S/C20H28N4OS/c1-12(2)19-22-23-20(24(19)17-8-9-17)26-11-18(25)21-15(5)16-7-6-13(3)14(4)10-16/h6-7,10,12,15,17H,8-9,11H2,1-5H3,(H,21,25). The molecule has 26 heavy (non-hydrogen) atoms. The van der Waals surface area contributed by atoms with E-state index in [0.717, 1.165) is 16.5 Å². The summed E-state index contributed by atoms with van der Waals surface area (Å²) in [7, 11) is 0. The number of hydrogen-bond acceptors (Lipinski definition) is 4. The van der Waals surface area contributed by atoms with E-state index < -0.39 is 0 Å². The van der Waals surface area contributed by atoms with E-state index in [1.54, 1.807) is 0 Å². The number of hydrogen-bond donors (Lipinski definition) is 1. The first kappa shape index (κ1) is 19.0. The van der Waals surface area contributed by atoms with Crippen molar-refractivity contribution >= 4 is 17.7 Å². The van der Waals surface area contributed by atoms with Gasteiger partial charge in [0.25, 0.3) is 0 Å². The summed E-state index contributed by atoms with van der Waals surface area (Å²) in [5.41, 5.74) is 3.65. The zero-order valence-corrected chi connectivity index (χ0v) is 17.1. The smallest absolute Gasteiger partial charge is 0.230 e. The molecule has 1 N–H and O–H groups in total. The largest absolute Gasteiger partial charge is 0.349 e. The Morgan fingerprint density at radius 1 is 1.23 bits per heavy atom. The highest BCUT2D eigenvalue weighted by Crippen LogP contribution is 2.40. The number of carbonyl (C=O) groups is 1. The van der Waals surface area contributed by atoms with Crippen molar-refractivity contribution in [3.8, 4) is 0 Å². The van der Waals surface area contributed by atoms with Crippen LogP contribution in [-0.4, -0.2) is 26.4 Å². The van der Waals surface area contributed by atoms with Crippen LogP contribution >= 0.6 is 11.8 Å². The quantitative estimate of drug-likeness (QED) is 0.735. The van der Waals surface area contributed by atoms with Gasteiger partial charge in [0.15, 0.2) is 5.16 Å². The molecule has 2 aromatic rings. The number of nitrogens with one attached hydrogen (secondary N) is 1. The Balaban J connectivity index is 1.60. The summed E-state index contributed by atoms with van der Waals surface area (Å²) in [6, 6.07) is 6.84. The van der Waals surface area contributed by atoms with E-state index in [2.05, 4.69) is 66.0 Å². The third-order valence-corrected chi connectivity index (χ3v) is 5.80. The maximum absolute atomic E-state index is 12.4. The highest BCUT2D eigenvalue weighted by molar-refractivity contribution is 7.99. The molecule has 1 aliphatic rings. The summed E-state index contributed by atoms with van der Waals surface area (Å²) in [5, 5.41) is 12.6. The number of rotatable bonds is 7. The number of aryl methyl sites for hydroxylation is 2. The summed E-state index contributed by atoms with van der Waals surface area (Å²) in [5.74, 6) is 1.75. The van der Waals surface area contributed by atoms with Crippen LogP contribution in [0.3, 0.4) is 0 Å². The molecular weight excluding hydrogens is 344 g/mol. The van der Waals surface area contributed by atoms with E-state index in [9.17, 15) is 4.79 Å². The van der Waals surface area contributed by atoms with Gasteiger partial charge in [-0.1, -0.05) is 43.8 Å². The van der Waals surface area contributed by atoms with Crippen LogP contribution in [0.4, 0.5) is 0 Å². The van der Waals surface area contributed by atoms with Gasteiger partial charge in [0.1, 0.15) is 5.82 Å². The molecule has 1 fully saturated rings. The summed E-state index contributed by atoms with van der Waals surface area (Å²) in [4.78, 5) is 12.4. The van der Waals surface area contributed by atoms with E-state index in [1.807, 2.05) is 6.92 Å². The molecule has 1 aromatic heterocycles. The summed E-state index contributed by atoms with van der Waals surface area (Å²) in [6.07, 6.45) is 2.36. The van der Waals surface area contributed by atoms with Gasteiger partial charge in [0.05, 0.1) is 11.8 Å². The fourth-order valence-corrected chi connectivity index (χ4v) is 3.81. The molecule has 1 atom stereocenters. The lowest BCUT2D eigenvalue weighted by molar-refractivity contribution is -0.119. The Morgan fingerprint density at radius 2 is 1.96 bits per heavy atom. The first-order valence-corrected chi connectivity index (χ1v) is 10.3. The third kappa shape index (κ3) is 4.29. The molecule has 0 aliphatic heterocycles. The zero-order chi connectivity index (χ0) is 18.8. The Morgan fingerprint density at radius 3 is 2.58 bits per heavy atom. The second-order valence-corrected chi connectivity index (χ2v) is 8.46. The van der Waals surface area contributed by atoms with Crippen molar-refractivity contribution < 1.29 is 4.79 Å². The molecule has 1 saturated carbocycles. The molecular formula is C20H28N4OS. The first-order chi connectivity index (χ1) is 12.4. The van der Waals surface area contributed by atoms with E-state index >= 15 is 0 Å². The van der Waals surface area contributed by atoms with Crippen molar-refractivity contribution in [3.63, 3.8) is 0 Å². The molecule has 1 aliphatic carbocycles. The number of benzene rings is 1. The maximum atomic E-state index is 12.4. The predicted molar refractivity (Wildman–Crippen MR) is 106 cm³/mol. The van der Waals surface area contributed by atoms with Crippen LogP contribution in [0, 0.1) is 13.8 Å². The Bertz CT molecular complexity index is 795. The van der Waals surface area contributed by atoms with Crippen LogP contribution in [-0.2, 0) is 4.79 Å². The second-order valence-electron chi connectivity index (χ2n) is 7.52. The molecule has 1 amide bonds. The molecule has 140 valence electrons. The maximum Gasteiger partial charge on any atom is 0.230 e. The molecule has 5 nitrogen and oxygen atoms in total. The van der Waals surface area contributed by atoms with Gasteiger partial charge in [-0.05, 0) is 50.3 Å². The molecule has 6 heteroatoms. The zero-order valence-electron chi connectivity index (χ0n) is 16.2. The third-order valence-electron chi connectivity index (χ3n) is 4.86. The van der Waals surface area contributed by atoms with Gasteiger partial charge < -0.3 is 9.88 Å². The molecule has 0 spiro atoms. The van der Waals surface area contributed by atoms with Crippen LogP contribution in [0.1, 0.15) is 74.1 Å². The van der Waals surface area contributed by atoms with Gasteiger partial charge in [-0.2, -0.15) is 0 Å². The minimum absolute atomic E-state index is 0.00470. The average molecular weight is 373 g/mol. The van der Waals surface area contributed by atoms with Crippen LogP contribution < -0.4 is 5.32 Å². The van der Waals surface area contributed by atoms with Crippen molar-refractivity contribution in [2.24, 2.45) is 0 Å². The van der Waals surface area contributed by atoms with Crippen LogP contribution in [0.25, 0.3) is 0 Å². The highest BCUT2D eigenvalue weighted by atomic mass is 32.2. The molecule has 0 bridgehead atoms. The van der Waals surface area contributed by atoms with E-state index in [4.69, 9.17) is 0 Å².